The summed E-state index contributed by atoms with van der Waals surface area (Å²) in [6.07, 6.45) is 2.16. The van der Waals surface area contributed by atoms with Crippen molar-refractivity contribution in [3.8, 4) is 0 Å². The Kier molecular flexibility index (Phi) is 8.68. The van der Waals surface area contributed by atoms with Crippen LogP contribution in [0.5, 0.6) is 0 Å². The van der Waals surface area contributed by atoms with Crippen molar-refractivity contribution < 1.29 is 14.3 Å². The highest BCUT2D eigenvalue weighted by Gasteiger charge is 2.34. The van der Waals surface area contributed by atoms with Gasteiger partial charge in [0.2, 0.25) is 0 Å². The fourth-order valence-corrected chi connectivity index (χ4v) is 5.18. The Morgan fingerprint density at radius 2 is 1.69 bits per heavy atom. The van der Waals surface area contributed by atoms with Gasteiger partial charge in [-0.3, -0.25) is 4.79 Å². The molecule has 0 aliphatic carbocycles. The number of aliphatic hydroxyl groups is 1. The first-order valence-corrected chi connectivity index (χ1v) is 13.0. The summed E-state index contributed by atoms with van der Waals surface area (Å²) in [4.78, 5) is 17.0. The van der Waals surface area contributed by atoms with Gasteiger partial charge in [0, 0.05) is 38.2 Å². The first-order valence-electron chi connectivity index (χ1n) is 12.2. The molecule has 1 N–H and O–H groups in total. The molecule has 0 spiro atoms. The smallest absolute Gasteiger partial charge is 0.253 e. The van der Waals surface area contributed by atoms with E-state index in [0.29, 0.717) is 35.0 Å². The number of benzene rings is 3. The first-order chi connectivity index (χ1) is 17.2. The highest BCUT2D eigenvalue weighted by molar-refractivity contribution is 6.42. The molecule has 0 radical (unpaired) electrons. The van der Waals surface area contributed by atoms with Crippen LogP contribution in [0.4, 0.5) is 4.39 Å². The van der Waals surface area contributed by atoms with E-state index < -0.39 is 5.60 Å². The van der Waals surface area contributed by atoms with E-state index in [2.05, 4.69) is 4.90 Å². The van der Waals surface area contributed by atoms with E-state index in [0.717, 1.165) is 37.2 Å². The monoisotopic (exact) mass is 528 g/mol. The van der Waals surface area contributed by atoms with Crippen molar-refractivity contribution >= 4 is 29.1 Å². The predicted octanol–water partition coefficient (Wildman–Crippen LogP) is 6.36. The largest absolute Gasteiger partial charge is 0.385 e. The van der Waals surface area contributed by atoms with Crippen molar-refractivity contribution in [3.63, 3.8) is 0 Å². The molecular formula is C29H31Cl2FN2O2. The highest BCUT2D eigenvalue weighted by atomic mass is 35.5. The van der Waals surface area contributed by atoms with Crippen LogP contribution in [0, 0.1) is 5.82 Å². The summed E-state index contributed by atoms with van der Waals surface area (Å²) in [7, 11) is 1.76. The second-order valence-corrected chi connectivity index (χ2v) is 10.4. The number of likely N-dealkylation sites (tertiary alicyclic amines) is 1. The van der Waals surface area contributed by atoms with E-state index >= 15 is 0 Å². The fraction of sp³-hybridized carbons (Fsp3) is 0.345. The van der Waals surface area contributed by atoms with Gasteiger partial charge in [-0.2, -0.15) is 0 Å². The lowest BCUT2D eigenvalue weighted by Gasteiger charge is -2.39. The van der Waals surface area contributed by atoms with Gasteiger partial charge in [0.15, 0.2) is 0 Å². The Morgan fingerprint density at radius 3 is 2.33 bits per heavy atom. The number of hydrogen-bond donors (Lipinski definition) is 1. The first kappa shape index (κ1) is 26.6. The number of hydrogen-bond acceptors (Lipinski definition) is 3. The average molecular weight is 529 g/mol. The molecule has 0 saturated carbocycles. The number of halogens is 3. The maximum atomic E-state index is 13.3. The second-order valence-electron chi connectivity index (χ2n) is 9.59. The number of likely N-dealkylation sites (N-methyl/N-ethyl adjacent to an activating group) is 1. The minimum atomic E-state index is -0.789. The SMILES string of the molecule is CN(C[C@H](CCN1CCC(O)(c2ccccc2)CC1)c1ccc(Cl)c(Cl)c1)C(=O)c1ccc(F)cc1. The number of carbonyl (C=O) groups excluding carboxylic acids is 1. The molecule has 0 unspecified atom stereocenters. The van der Waals surface area contributed by atoms with E-state index in [1.54, 1.807) is 18.0 Å². The molecule has 1 atom stereocenters. The summed E-state index contributed by atoms with van der Waals surface area (Å²) < 4.78 is 13.3. The number of amides is 1. The summed E-state index contributed by atoms with van der Waals surface area (Å²) in [5, 5.41) is 12.1. The summed E-state index contributed by atoms with van der Waals surface area (Å²) >= 11 is 12.5. The van der Waals surface area contributed by atoms with Crippen molar-refractivity contribution in [3.05, 3.63) is 105 Å². The molecule has 1 fully saturated rings. The third-order valence-electron chi connectivity index (χ3n) is 7.14. The third kappa shape index (κ3) is 6.46. The van der Waals surface area contributed by atoms with Gasteiger partial charge < -0.3 is 14.9 Å². The molecule has 0 bridgehead atoms. The lowest BCUT2D eigenvalue weighted by molar-refractivity contribution is -0.0264. The van der Waals surface area contributed by atoms with E-state index in [-0.39, 0.29) is 17.6 Å². The van der Waals surface area contributed by atoms with Crippen LogP contribution in [0.1, 0.15) is 46.7 Å². The molecule has 1 aliphatic heterocycles. The van der Waals surface area contributed by atoms with E-state index in [4.69, 9.17) is 23.2 Å². The Labute approximate surface area is 222 Å². The topological polar surface area (TPSA) is 43.8 Å². The third-order valence-corrected chi connectivity index (χ3v) is 7.87. The molecule has 1 amide bonds. The molecule has 7 heteroatoms. The molecule has 190 valence electrons. The average Bonchev–Trinajstić information content (AvgIpc) is 2.89. The number of rotatable bonds is 8. The Morgan fingerprint density at radius 1 is 1.03 bits per heavy atom. The Hall–Kier alpha value is -2.44. The Balaban J connectivity index is 1.42. The van der Waals surface area contributed by atoms with Gasteiger partial charge in [0.25, 0.3) is 5.91 Å². The Bertz CT molecular complexity index is 1170. The van der Waals surface area contributed by atoms with Crippen LogP contribution in [0.3, 0.4) is 0 Å². The normalized spacial score (nSPS) is 16.5. The van der Waals surface area contributed by atoms with Gasteiger partial charge in [0.05, 0.1) is 15.6 Å². The van der Waals surface area contributed by atoms with Crippen LogP contribution in [0.2, 0.25) is 10.0 Å². The van der Waals surface area contributed by atoms with Crippen LogP contribution < -0.4 is 0 Å². The van der Waals surface area contributed by atoms with Crippen LogP contribution in [0.25, 0.3) is 0 Å². The molecule has 1 aliphatic rings. The van der Waals surface area contributed by atoms with Crippen LogP contribution in [-0.4, -0.2) is 54.0 Å². The number of carbonyl (C=O) groups is 1. The van der Waals surface area contributed by atoms with Gasteiger partial charge in [-0.15, -0.1) is 0 Å². The maximum absolute atomic E-state index is 13.3. The minimum Gasteiger partial charge on any atom is -0.385 e. The number of piperidine rings is 1. The van der Waals surface area contributed by atoms with Gasteiger partial charge in [0.1, 0.15) is 5.82 Å². The van der Waals surface area contributed by atoms with E-state index in [1.807, 2.05) is 42.5 Å². The zero-order chi connectivity index (χ0) is 25.7. The molecule has 0 aromatic heterocycles. The zero-order valence-electron chi connectivity index (χ0n) is 20.3. The fourth-order valence-electron chi connectivity index (χ4n) is 4.88. The molecular weight excluding hydrogens is 498 g/mol. The van der Waals surface area contributed by atoms with Crippen molar-refractivity contribution in [2.45, 2.75) is 30.8 Å². The summed E-state index contributed by atoms with van der Waals surface area (Å²) in [5.74, 6) is -0.501. The zero-order valence-corrected chi connectivity index (χ0v) is 21.9. The van der Waals surface area contributed by atoms with Crippen LogP contribution in [0.15, 0.2) is 72.8 Å². The molecule has 1 saturated heterocycles. The minimum absolute atomic E-state index is 0.0316. The summed E-state index contributed by atoms with van der Waals surface area (Å²) in [5.41, 5.74) is 1.64. The van der Waals surface area contributed by atoms with E-state index in [9.17, 15) is 14.3 Å². The summed E-state index contributed by atoms with van der Waals surface area (Å²) in [6, 6.07) is 21.1. The maximum Gasteiger partial charge on any atom is 0.253 e. The van der Waals surface area contributed by atoms with Crippen LogP contribution >= 0.6 is 23.2 Å². The van der Waals surface area contributed by atoms with Crippen molar-refractivity contribution in [1.29, 1.82) is 0 Å². The number of nitrogens with zero attached hydrogens (tertiary/aromatic N) is 2. The van der Waals surface area contributed by atoms with Crippen molar-refractivity contribution in [2.24, 2.45) is 0 Å². The highest BCUT2D eigenvalue weighted by Crippen LogP contribution is 2.34. The molecule has 1 heterocycles. The van der Waals surface area contributed by atoms with Gasteiger partial charge in [-0.1, -0.05) is 59.6 Å². The standard InChI is InChI=1S/C29H31Cl2FN2O2/c1-33(28(35)21-7-10-25(32)11-8-21)20-23(22-9-12-26(30)27(31)19-22)13-16-34-17-14-29(36,15-18-34)24-5-3-2-4-6-24/h2-12,19,23,36H,13-18,20H2,1H3/t23-/m0/s1. The lowest BCUT2D eigenvalue weighted by Crippen LogP contribution is -2.43. The van der Waals surface area contributed by atoms with Gasteiger partial charge in [-0.25, -0.2) is 4.39 Å². The van der Waals surface area contributed by atoms with Crippen molar-refractivity contribution in [1.82, 2.24) is 9.80 Å². The van der Waals surface area contributed by atoms with Crippen molar-refractivity contribution in [2.75, 3.05) is 33.2 Å². The molecule has 4 rings (SSSR count). The quantitative estimate of drug-likeness (QED) is 0.369. The van der Waals surface area contributed by atoms with E-state index in [1.165, 1.54) is 24.3 Å². The predicted molar refractivity (Wildman–Crippen MR) is 143 cm³/mol. The molecule has 4 nitrogen and oxygen atoms in total. The molecule has 3 aromatic rings. The van der Waals surface area contributed by atoms with Gasteiger partial charge in [-0.05, 0) is 73.3 Å². The van der Waals surface area contributed by atoms with Crippen LogP contribution in [-0.2, 0) is 5.60 Å². The summed E-state index contributed by atoms with van der Waals surface area (Å²) in [6.45, 7) is 2.90. The molecule has 3 aromatic carbocycles. The molecule has 36 heavy (non-hydrogen) atoms. The lowest BCUT2D eigenvalue weighted by atomic mass is 9.84. The van der Waals surface area contributed by atoms with Gasteiger partial charge >= 0.3 is 0 Å². The second kappa shape index (κ2) is 11.7.